The van der Waals surface area contributed by atoms with E-state index in [1.807, 2.05) is 12.4 Å². The second-order valence-electron chi connectivity index (χ2n) is 4.83. The fraction of sp³-hybridized carbons (Fsp3) is 0.500. The van der Waals surface area contributed by atoms with E-state index in [1.165, 1.54) is 42.4 Å². The van der Waals surface area contributed by atoms with Gasteiger partial charge in [-0.15, -0.1) is 0 Å². The normalized spacial score (nSPS) is 17.6. The van der Waals surface area contributed by atoms with E-state index in [4.69, 9.17) is 5.84 Å². The number of pyridine rings is 1. The van der Waals surface area contributed by atoms with Crippen LogP contribution in [-0.2, 0) is 0 Å². The Bertz CT molecular complexity index is 398. The van der Waals surface area contributed by atoms with Gasteiger partial charge in [0.05, 0.1) is 6.04 Å². The van der Waals surface area contributed by atoms with Gasteiger partial charge in [0.25, 0.3) is 0 Å². The first-order chi connectivity index (χ1) is 8.29. The smallest absolute Gasteiger partial charge is 0.0512 e. The molecule has 0 spiro atoms. The van der Waals surface area contributed by atoms with Gasteiger partial charge in [-0.2, -0.15) is 0 Å². The predicted octanol–water partition coefficient (Wildman–Crippen LogP) is 2.78. The minimum Gasteiger partial charge on any atom is -0.271 e. The summed E-state index contributed by atoms with van der Waals surface area (Å²) in [5, 5.41) is 0. The number of hydrogen-bond acceptors (Lipinski definition) is 3. The van der Waals surface area contributed by atoms with Gasteiger partial charge in [0, 0.05) is 12.4 Å². The standard InChI is InChI=1S/C14H21N3/c1-11-7-13(10-16-9-11)14(17-15)8-12-5-3-2-4-6-12/h5,7,9-10,14,17H,2-4,6,8,15H2,1H3. The number of allylic oxidation sites excluding steroid dienone is 1. The first kappa shape index (κ1) is 12.3. The summed E-state index contributed by atoms with van der Waals surface area (Å²) in [6, 6.07) is 2.34. The summed E-state index contributed by atoms with van der Waals surface area (Å²) in [5.74, 6) is 5.67. The largest absolute Gasteiger partial charge is 0.271 e. The number of nitrogens with one attached hydrogen (secondary N) is 1. The molecule has 1 unspecified atom stereocenters. The van der Waals surface area contributed by atoms with Crippen molar-refractivity contribution in [1.29, 1.82) is 0 Å². The molecular weight excluding hydrogens is 210 g/mol. The summed E-state index contributed by atoms with van der Waals surface area (Å²) >= 11 is 0. The molecule has 0 aromatic carbocycles. The van der Waals surface area contributed by atoms with Crippen LogP contribution in [0, 0.1) is 6.92 Å². The molecule has 3 heteroatoms. The molecular formula is C14H21N3. The number of nitrogens with zero attached hydrogens (tertiary/aromatic N) is 1. The minimum atomic E-state index is 0.187. The fourth-order valence-corrected chi connectivity index (χ4v) is 2.39. The summed E-state index contributed by atoms with van der Waals surface area (Å²) in [5.41, 5.74) is 6.80. The summed E-state index contributed by atoms with van der Waals surface area (Å²) < 4.78 is 0. The topological polar surface area (TPSA) is 50.9 Å². The van der Waals surface area contributed by atoms with Crippen molar-refractivity contribution in [2.75, 3.05) is 0 Å². The van der Waals surface area contributed by atoms with Crippen molar-refractivity contribution >= 4 is 0 Å². The summed E-state index contributed by atoms with van der Waals surface area (Å²) in [6.07, 6.45) is 12.2. The molecule has 0 saturated heterocycles. The molecule has 1 aliphatic rings. The SMILES string of the molecule is Cc1cncc(C(CC2=CCCCC2)NN)c1. The number of rotatable bonds is 4. The highest BCUT2D eigenvalue weighted by atomic mass is 15.2. The number of nitrogens with two attached hydrogens (primary N) is 1. The molecule has 0 aliphatic heterocycles. The van der Waals surface area contributed by atoms with Gasteiger partial charge in [0.15, 0.2) is 0 Å². The molecule has 1 aliphatic carbocycles. The number of hydrogen-bond donors (Lipinski definition) is 2. The van der Waals surface area contributed by atoms with Crippen LogP contribution < -0.4 is 11.3 Å². The van der Waals surface area contributed by atoms with Crippen LogP contribution >= 0.6 is 0 Å². The highest BCUT2D eigenvalue weighted by Gasteiger charge is 2.14. The molecule has 92 valence electrons. The summed E-state index contributed by atoms with van der Waals surface area (Å²) in [4.78, 5) is 4.23. The molecule has 2 rings (SSSR count). The lowest BCUT2D eigenvalue weighted by atomic mass is 9.92. The molecule has 1 aromatic rings. The maximum atomic E-state index is 5.67. The van der Waals surface area contributed by atoms with Gasteiger partial charge in [-0.3, -0.25) is 16.3 Å². The van der Waals surface area contributed by atoms with Crippen LogP contribution in [0.15, 0.2) is 30.1 Å². The zero-order valence-corrected chi connectivity index (χ0v) is 10.4. The van der Waals surface area contributed by atoms with E-state index in [1.54, 1.807) is 0 Å². The molecule has 1 aromatic heterocycles. The van der Waals surface area contributed by atoms with Gasteiger partial charge < -0.3 is 0 Å². The van der Waals surface area contributed by atoms with E-state index in [0.717, 1.165) is 6.42 Å². The van der Waals surface area contributed by atoms with Gasteiger partial charge in [0.2, 0.25) is 0 Å². The Morgan fingerprint density at radius 1 is 1.41 bits per heavy atom. The lowest BCUT2D eigenvalue weighted by Crippen LogP contribution is -2.28. The van der Waals surface area contributed by atoms with Crippen molar-refractivity contribution in [3.8, 4) is 0 Å². The van der Waals surface area contributed by atoms with Crippen LogP contribution in [0.1, 0.15) is 49.3 Å². The van der Waals surface area contributed by atoms with Gasteiger partial charge in [-0.1, -0.05) is 17.7 Å². The number of aryl methyl sites for hydroxylation is 1. The Hall–Kier alpha value is -1.19. The molecule has 0 fully saturated rings. The Labute approximate surface area is 103 Å². The Balaban J connectivity index is 2.08. The van der Waals surface area contributed by atoms with E-state index >= 15 is 0 Å². The van der Waals surface area contributed by atoms with Crippen molar-refractivity contribution in [2.24, 2.45) is 5.84 Å². The quantitative estimate of drug-likeness (QED) is 0.476. The zero-order chi connectivity index (χ0) is 12.1. The average Bonchev–Trinajstić information content (AvgIpc) is 2.37. The maximum Gasteiger partial charge on any atom is 0.0512 e. The number of hydrazine groups is 1. The maximum absolute atomic E-state index is 5.67. The lowest BCUT2D eigenvalue weighted by molar-refractivity contribution is 0.527. The molecule has 1 heterocycles. The van der Waals surface area contributed by atoms with E-state index in [2.05, 4.69) is 29.5 Å². The summed E-state index contributed by atoms with van der Waals surface area (Å²) in [6.45, 7) is 2.06. The third-order valence-corrected chi connectivity index (χ3v) is 3.35. The Kier molecular flexibility index (Phi) is 4.29. The minimum absolute atomic E-state index is 0.187. The van der Waals surface area contributed by atoms with Crippen molar-refractivity contribution in [2.45, 2.75) is 45.1 Å². The molecule has 1 atom stereocenters. The van der Waals surface area contributed by atoms with E-state index in [-0.39, 0.29) is 6.04 Å². The van der Waals surface area contributed by atoms with Gasteiger partial charge in [0.1, 0.15) is 0 Å². The van der Waals surface area contributed by atoms with Crippen LogP contribution in [0.2, 0.25) is 0 Å². The molecule has 0 bridgehead atoms. The van der Waals surface area contributed by atoms with Crippen LogP contribution in [0.4, 0.5) is 0 Å². The van der Waals surface area contributed by atoms with E-state index in [0.29, 0.717) is 0 Å². The highest BCUT2D eigenvalue weighted by Crippen LogP contribution is 2.27. The molecule has 0 saturated carbocycles. The Morgan fingerprint density at radius 2 is 2.29 bits per heavy atom. The first-order valence-corrected chi connectivity index (χ1v) is 6.35. The van der Waals surface area contributed by atoms with Crippen molar-refractivity contribution < 1.29 is 0 Å². The highest BCUT2D eigenvalue weighted by molar-refractivity contribution is 5.22. The van der Waals surface area contributed by atoms with Gasteiger partial charge in [-0.25, -0.2) is 0 Å². The van der Waals surface area contributed by atoms with E-state index in [9.17, 15) is 0 Å². The average molecular weight is 231 g/mol. The summed E-state index contributed by atoms with van der Waals surface area (Å²) in [7, 11) is 0. The molecule has 0 amide bonds. The van der Waals surface area contributed by atoms with Crippen LogP contribution in [0.25, 0.3) is 0 Å². The fourth-order valence-electron chi connectivity index (χ4n) is 2.39. The third-order valence-electron chi connectivity index (χ3n) is 3.35. The van der Waals surface area contributed by atoms with Crippen LogP contribution in [-0.4, -0.2) is 4.98 Å². The number of aromatic nitrogens is 1. The van der Waals surface area contributed by atoms with Gasteiger partial charge >= 0.3 is 0 Å². The van der Waals surface area contributed by atoms with Crippen molar-refractivity contribution in [3.63, 3.8) is 0 Å². The van der Waals surface area contributed by atoms with Crippen molar-refractivity contribution in [3.05, 3.63) is 41.2 Å². The molecule has 17 heavy (non-hydrogen) atoms. The second kappa shape index (κ2) is 5.94. The van der Waals surface area contributed by atoms with Crippen LogP contribution in [0.5, 0.6) is 0 Å². The molecule has 3 nitrogen and oxygen atoms in total. The van der Waals surface area contributed by atoms with E-state index < -0.39 is 0 Å². The van der Waals surface area contributed by atoms with Crippen molar-refractivity contribution in [1.82, 2.24) is 10.4 Å². The lowest BCUT2D eigenvalue weighted by Gasteiger charge is -2.20. The monoisotopic (exact) mass is 231 g/mol. The van der Waals surface area contributed by atoms with Gasteiger partial charge in [-0.05, 0) is 50.2 Å². The molecule has 3 N–H and O–H groups in total. The molecule has 0 radical (unpaired) electrons. The second-order valence-corrected chi connectivity index (χ2v) is 4.83. The van der Waals surface area contributed by atoms with Crippen LogP contribution in [0.3, 0.4) is 0 Å². The first-order valence-electron chi connectivity index (χ1n) is 6.35. The zero-order valence-electron chi connectivity index (χ0n) is 10.4. The predicted molar refractivity (Wildman–Crippen MR) is 70.2 cm³/mol. The Morgan fingerprint density at radius 3 is 2.94 bits per heavy atom. The third kappa shape index (κ3) is 3.38.